The first kappa shape index (κ1) is 15.5. The molecule has 1 unspecified atom stereocenters. The fourth-order valence-corrected chi connectivity index (χ4v) is 2.91. The number of aryl methyl sites for hydroxylation is 2. The molecule has 1 atom stereocenters. The maximum absolute atomic E-state index is 5.26. The summed E-state index contributed by atoms with van der Waals surface area (Å²) in [6.07, 6.45) is 1.16. The summed E-state index contributed by atoms with van der Waals surface area (Å²) in [6, 6.07) is 7.08. The molecule has 0 saturated carbocycles. The van der Waals surface area contributed by atoms with Crippen molar-refractivity contribution in [1.29, 1.82) is 0 Å². The van der Waals surface area contributed by atoms with Crippen LogP contribution in [-0.4, -0.2) is 32.1 Å². The summed E-state index contributed by atoms with van der Waals surface area (Å²) in [5.74, 6) is 1.05. The molecule has 1 rings (SSSR count). The Kier molecular flexibility index (Phi) is 7.40. The minimum absolute atomic E-state index is 0.431. The summed E-state index contributed by atoms with van der Waals surface area (Å²) in [6.45, 7) is 8.34. The topological polar surface area (TPSA) is 21.3 Å². The Balaban J connectivity index is 2.49. The minimum atomic E-state index is 0.431. The highest BCUT2D eigenvalue weighted by Gasteiger charge is 2.09. The number of hydrogen-bond acceptors (Lipinski definition) is 3. The molecular formula is C15H25NOS. The molecule has 0 fully saturated rings. The van der Waals surface area contributed by atoms with Gasteiger partial charge in [-0.2, -0.15) is 0 Å². The van der Waals surface area contributed by atoms with Crippen LogP contribution in [0.5, 0.6) is 0 Å². The Labute approximate surface area is 116 Å². The summed E-state index contributed by atoms with van der Waals surface area (Å²) in [5, 5.41) is 3.53. The van der Waals surface area contributed by atoms with Crippen LogP contribution in [0.1, 0.15) is 24.5 Å². The fraction of sp³-hybridized carbons (Fsp3) is 0.600. The van der Waals surface area contributed by atoms with Crippen LogP contribution >= 0.6 is 11.8 Å². The van der Waals surface area contributed by atoms with Gasteiger partial charge >= 0.3 is 0 Å². The van der Waals surface area contributed by atoms with Gasteiger partial charge in [0, 0.05) is 23.8 Å². The van der Waals surface area contributed by atoms with Gasteiger partial charge in [0.25, 0.3) is 0 Å². The van der Waals surface area contributed by atoms with Gasteiger partial charge in [-0.1, -0.05) is 24.6 Å². The lowest BCUT2D eigenvalue weighted by Crippen LogP contribution is -2.35. The Morgan fingerprint density at radius 1 is 1.33 bits per heavy atom. The van der Waals surface area contributed by atoms with Gasteiger partial charge in [0.1, 0.15) is 0 Å². The van der Waals surface area contributed by atoms with Gasteiger partial charge in [-0.25, -0.2) is 0 Å². The average molecular weight is 267 g/mol. The molecule has 102 valence electrons. The van der Waals surface area contributed by atoms with Gasteiger partial charge in [0.05, 0.1) is 6.61 Å². The van der Waals surface area contributed by atoms with E-state index >= 15 is 0 Å². The number of rotatable bonds is 8. The Hall–Kier alpha value is -0.510. The normalized spacial score (nSPS) is 12.7. The highest BCUT2D eigenvalue weighted by atomic mass is 32.2. The average Bonchev–Trinajstić information content (AvgIpc) is 2.34. The van der Waals surface area contributed by atoms with Crippen molar-refractivity contribution in [3.05, 3.63) is 29.3 Å². The lowest BCUT2D eigenvalue weighted by atomic mass is 10.2. The summed E-state index contributed by atoms with van der Waals surface area (Å²) < 4.78 is 5.26. The fourth-order valence-electron chi connectivity index (χ4n) is 1.87. The third-order valence-electron chi connectivity index (χ3n) is 2.82. The maximum Gasteiger partial charge on any atom is 0.0624 e. The molecule has 0 radical (unpaired) electrons. The Morgan fingerprint density at radius 2 is 2.11 bits per heavy atom. The molecule has 0 aliphatic rings. The molecule has 0 aliphatic carbocycles. The molecular weight excluding hydrogens is 242 g/mol. The summed E-state index contributed by atoms with van der Waals surface area (Å²) >= 11 is 1.91. The second-order valence-corrected chi connectivity index (χ2v) is 5.75. The van der Waals surface area contributed by atoms with Crippen LogP contribution in [0.4, 0.5) is 0 Å². The van der Waals surface area contributed by atoms with Gasteiger partial charge in [0.2, 0.25) is 0 Å². The van der Waals surface area contributed by atoms with Crippen molar-refractivity contribution in [3.8, 4) is 0 Å². The van der Waals surface area contributed by atoms with Gasteiger partial charge in [-0.15, -0.1) is 11.8 Å². The molecule has 3 heteroatoms. The summed E-state index contributed by atoms with van der Waals surface area (Å²) in [7, 11) is 1.77. The van der Waals surface area contributed by atoms with E-state index in [0.717, 1.165) is 25.3 Å². The van der Waals surface area contributed by atoms with Crippen molar-refractivity contribution in [3.63, 3.8) is 0 Å². The van der Waals surface area contributed by atoms with E-state index in [1.54, 1.807) is 7.11 Å². The van der Waals surface area contributed by atoms with E-state index in [0.29, 0.717) is 6.04 Å². The van der Waals surface area contributed by atoms with Crippen LogP contribution in [0.2, 0.25) is 0 Å². The predicted molar refractivity (Wildman–Crippen MR) is 80.6 cm³/mol. The van der Waals surface area contributed by atoms with Crippen LogP contribution in [-0.2, 0) is 4.74 Å². The number of ether oxygens (including phenoxy) is 1. The molecule has 0 bridgehead atoms. The number of thioether (sulfide) groups is 1. The first-order valence-electron chi connectivity index (χ1n) is 6.59. The molecule has 0 spiro atoms. The molecule has 0 heterocycles. The van der Waals surface area contributed by atoms with Gasteiger partial charge in [-0.05, 0) is 38.4 Å². The lowest BCUT2D eigenvalue weighted by molar-refractivity contribution is 0.174. The smallest absolute Gasteiger partial charge is 0.0624 e. The SMILES string of the molecule is CCCNC(COC)CSc1ccc(C)cc1C. The monoisotopic (exact) mass is 267 g/mol. The van der Waals surface area contributed by atoms with Crippen molar-refractivity contribution in [2.75, 3.05) is 26.0 Å². The van der Waals surface area contributed by atoms with Crippen LogP contribution in [0.3, 0.4) is 0 Å². The second-order valence-electron chi connectivity index (χ2n) is 4.69. The Bertz CT molecular complexity index is 354. The first-order valence-corrected chi connectivity index (χ1v) is 7.58. The van der Waals surface area contributed by atoms with Crippen molar-refractivity contribution in [2.24, 2.45) is 0 Å². The van der Waals surface area contributed by atoms with Crippen molar-refractivity contribution in [1.82, 2.24) is 5.32 Å². The molecule has 1 aromatic rings. The van der Waals surface area contributed by atoms with E-state index in [2.05, 4.69) is 44.3 Å². The Morgan fingerprint density at radius 3 is 2.72 bits per heavy atom. The van der Waals surface area contributed by atoms with Crippen molar-refractivity contribution in [2.45, 2.75) is 38.1 Å². The zero-order valence-electron chi connectivity index (χ0n) is 12.0. The summed E-state index contributed by atoms with van der Waals surface area (Å²) in [4.78, 5) is 1.38. The van der Waals surface area contributed by atoms with E-state index in [1.165, 1.54) is 16.0 Å². The third-order valence-corrected chi connectivity index (χ3v) is 4.16. The molecule has 18 heavy (non-hydrogen) atoms. The molecule has 0 aromatic heterocycles. The molecule has 0 saturated heterocycles. The van der Waals surface area contributed by atoms with E-state index in [-0.39, 0.29) is 0 Å². The van der Waals surface area contributed by atoms with Crippen LogP contribution < -0.4 is 5.32 Å². The van der Waals surface area contributed by atoms with E-state index in [4.69, 9.17) is 4.74 Å². The standard InChI is InChI=1S/C15H25NOS/c1-5-8-16-14(10-17-4)11-18-15-7-6-12(2)9-13(15)3/h6-7,9,14,16H,5,8,10-11H2,1-4H3. The number of hydrogen-bond donors (Lipinski definition) is 1. The highest BCUT2D eigenvalue weighted by Crippen LogP contribution is 2.23. The van der Waals surface area contributed by atoms with Gasteiger partial charge in [0.15, 0.2) is 0 Å². The highest BCUT2D eigenvalue weighted by molar-refractivity contribution is 7.99. The zero-order chi connectivity index (χ0) is 13.4. The van der Waals surface area contributed by atoms with Crippen LogP contribution in [0.25, 0.3) is 0 Å². The first-order chi connectivity index (χ1) is 8.67. The molecule has 0 aliphatic heterocycles. The molecule has 0 amide bonds. The van der Waals surface area contributed by atoms with E-state index < -0.39 is 0 Å². The molecule has 2 nitrogen and oxygen atoms in total. The van der Waals surface area contributed by atoms with Crippen LogP contribution in [0.15, 0.2) is 23.1 Å². The predicted octanol–water partition coefficient (Wildman–Crippen LogP) is 3.41. The van der Waals surface area contributed by atoms with Crippen molar-refractivity contribution < 1.29 is 4.74 Å². The van der Waals surface area contributed by atoms with Crippen molar-refractivity contribution >= 4 is 11.8 Å². The van der Waals surface area contributed by atoms with Gasteiger partial charge in [-0.3, -0.25) is 0 Å². The molecule has 1 N–H and O–H groups in total. The number of benzene rings is 1. The maximum atomic E-state index is 5.26. The van der Waals surface area contributed by atoms with E-state index in [9.17, 15) is 0 Å². The summed E-state index contributed by atoms with van der Waals surface area (Å²) in [5.41, 5.74) is 2.70. The van der Waals surface area contributed by atoms with Crippen LogP contribution in [0, 0.1) is 13.8 Å². The number of nitrogens with one attached hydrogen (secondary N) is 1. The third kappa shape index (κ3) is 5.42. The second kappa shape index (κ2) is 8.57. The zero-order valence-corrected chi connectivity index (χ0v) is 12.8. The number of methoxy groups -OCH3 is 1. The largest absolute Gasteiger partial charge is 0.383 e. The van der Waals surface area contributed by atoms with E-state index in [1.807, 2.05) is 11.8 Å². The lowest BCUT2D eigenvalue weighted by Gasteiger charge is -2.17. The molecule has 1 aromatic carbocycles. The minimum Gasteiger partial charge on any atom is -0.383 e. The van der Waals surface area contributed by atoms with Gasteiger partial charge < -0.3 is 10.1 Å². The quantitative estimate of drug-likeness (QED) is 0.729.